The van der Waals surface area contributed by atoms with Gasteiger partial charge in [-0.3, -0.25) is 14.3 Å². The predicted molar refractivity (Wildman–Crippen MR) is 102 cm³/mol. The van der Waals surface area contributed by atoms with Gasteiger partial charge in [-0.2, -0.15) is 0 Å². The summed E-state index contributed by atoms with van der Waals surface area (Å²) in [7, 11) is -3.92. The normalized spacial score (nSPS) is 13.1. The third-order valence-electron chi connectivity index (χ3n) is 4.13. The van der Waals surface area contributed by atoms with E-state index in [1.807, 2.05) is 0 Å². The molecule has 0 saturated heterocycles. The van der Waals surface area contributed by atoms with E-state index in [-0.39, 0.29) is 28.7 Å². The molecule has 1 aliphatic rings. The van der Waals surface area contributed by atoms with Crippen molar-refractivity contribution in [3.8, 4) is 0 Å². The number of rotatable bonds is 7. The zero-order chi connectivity index (χ0) is 19.6. The third kappa shape index (κ3) is 4.58. The standard InChI is InChI=1S/C18H17ClN2O5S/c19-14-10-15-12(9-17(22)20-15)8-16(14)27(25,26)21-13-6-4-11(5-7-13)2-1-3-18(23)24/h4-8,10,21H,1-3,9H2,(H,20,22)(H,23,24). The van der Waals surface area contributed by atoms with Crippen LogP contribution in [-0.4, -0.2) is 25.4 Å². The minimum atomic E-state index is -3.92. The molecule has 1 amide bonds. The zero-order valence-electron chi connectivity index (χ0n) is 14.2. The SMILES string of the molecule is O=C(O)CCCc1ccc(NS(=O)(=O)c2cc3c(cc2Cl)NC(=O)C3)cc1. The summed E-state index contributed by atoms with van der Waals surface area (Å²) in [5, 5.41) is 11.3. The number of fused-ring (bicyclic) bond motifs is 1. The number of carbonyl (C=O) groups is 2. The number of carboxylic acids is 1. The molecule has 0 aromatic heterocycles. The maximum atomic E-state index is 12.7. The van der Waals surface area contributed by atoms with Crippen LogP contribution >= 0.6 is 11.6 Å². The fourth-order valence-electron chi connectivity index (χ4n) is 2.82. The van der Waals surface area contributed by atoms with E-state index in [0.29, 0.717) is 29.8 Å². The van der Waals surface area contributed by atoms with Crippen molar-refractivity contribution < 1.29 is 23.1 Å². The lowest BCUT2D eigenvalue weighted by molar-refractivity contribution is -0.137. The number of halogens is 1. The van der Waals surface area contributed by atoms with Gasteiger partial charge in [-0.25, -0.2) is 8.42 Å². The van der Waals surface area contributed by atoms with E-state index in [9.17, 15) is 18.0 Å². The van der Waals surface area contributed by atoms with E-state index < -0.39 is 16.0 Å². The van der Waals surface area contributed by atoms with Gasteiger partial charge < -0.3 is 10.4 Å². The molecule has 0 radical (unpaired) electrons. The van der Waals surface area contributed by atoms with Crippen LogP contribution in [0.5, 0.6) is 0 Å². The Kier molecular flexibility index (Phi) is 5.38. The van der Waals surface area contributed by atoms with Crippen molar-refractivity contribution in [3.05, 3.63) is 52.5 Å². The second-order valence-corrected chi connectivity index (χ2v) is 8.27. The fourth-order valence-corrected chi connectivity index (χ4v) is 4.46. The fraction of sp³-hybridized carbons (Fsp3) is 0.222. The molecule has 1 heterocycles. The number of amides is 1. The Morgan fingerprint density at radius 3 is 2.59 bits per heavy atom. The Labute approximate surface area is 161 Å². The molecule has 0 atom stereocenters. The quantitative estimate of drug-likeness (QED) is 0.651. The van der Waals surface area contributed by atoms with E-state index in [4.69, 9.17) is 16.7 Å². The summed E-state index contributed by atoms with van der Waals surface area (Å²) in [6.45, 7) is 0. The van der Waals surface area contributed by atoms with Crippen molar-refractivity contribution >= 4 is 44.9 Å². The summed E-state index contributed by atoms with van der Waals surface area (Å²) in [6, 6.07) is 9.54. The van der Waals surface area contributed by atoms with Gasteiger partial charge in [0.15, 0.2) is 0 Å². The number of carbonyl (C=O) groups excluding carboxylic acids is 1. The van der Waals surface area contributed by atoms with Crippen molar-refractivity contribution in [2.75, 3.05) is 10.0 Å². The summed E-state index contributed by atoms with van der Waals surface area (Å²) in [5.41, 5.74) is 2.38. The summed E-state index contributed by atoms with van der Waals surface area (Å²) in [6.07, 6.45) is 1.30. The van der Waals surface area contributed by atoms with Crippen molar-refractivity contribution in [2.45, 2.75) is 30.6 Å². The average Bonchev–Trinajstić information content (AvgIpc) is 2.94. The van der Waals surface area contributed by atoms with Gasteiger partial charge in [-0.05, 0) is 48.2 Å². The van der Waals surface area contributed by atoms with Gasteiger partial charge in [0, 0.05) is 17.8 Å². The van der Waals surface area contributed by atoms with Crippen molar-refractivity contribution in [3.63, 3.8) is 0 Å². The van der Waals surface area contributed by atoms with E-state index in [1.165, 1.54) is 12.1 Å². The van der Waals surface area contributed by atoms with Gasteiger partial charge in [-0.1, -0.05) is 23.7 Å². The van der Waals surface area contributed by atoms with E-state index >= 15 is 0 Å². The van der Waals surface area contributed by atoms with Gasteiger partial charge in [-0.15, -0.1) is 0 Å². The zero-order valence-corrected chi connectivity index (χ0v) is 15.7. The van der Waals surface area contributed by atoms with Crippen LogP contribution in [0.2, 0.25) is 5.02 Å². The second-order valence-electron chi connectivity index (χ2n) is 6.21. The molecule has 0 spiro atoms. The maximum absolute atomic E-state index is 12.7. The topological polar surface area (TPSA) is 113 Å². The average molecular weight is 409 g/mol. The van der Waals surface area contributed by atoms with Crippen LogP contribution in [0.15, 0.2) is 41.3 Å². The number of aliphatic carboxylic acids is 1. The van der Waals surface area contributed by atoms with E-state index in [2.05, 4.69) is 10.0 Å². The van der Waals surface area contributed by atoms with Gasteiger partial charge in [0.2, 0.25) is 5.91 Å². The van der Waals surface area contributed by atoms with Crippen molar-refractivity contribution in [1.82, 2.24) is 0 Å². The summed E-state index contributed by atoms with van der Waals surface area (Å²) < 4.78 is 27.8. The molecule has 27 heavy (non-hydrogen) atoms. The monoisotopic (exact) mass is 408 g/mol. The van der Waals surface area contributed by atoms with E-state index in [0.717, 1.165) is 5.56 Å². The lowest BCUT2D eigenvalue weighted by Crippen LogP contribution is -2.14. The highest BCUT2D eigenvalue weighted by Crippen LogP contribution is 2.33. The Hall–Kier alpha value is -2.58. The van der Waals surface area contributed by atoms with Crippen LogP contribution < -0.4 is 10.0 Å². The molecule has 0 fully saturated rings. The minimum Gasteiger partial charge on any atom is -0.481 e. The number of benzene rings is 2. The van der Waals surface area contributed by atoms with Crippen LogP contribution in [0.25, 0.3) is 0 Å². The third-order valence-corrected chi connectivity index (χ3v) is 5.98. The lowest BCUT2D eigenvalue weighted by atomic mass is 10.1. The molecular weight excluding hydrogens is 392 g/mol. The first-order valence-electron chi connectivity index (χ1n) is 8.20. The predicted octanol–water partition coefficient (Wildman–Crippen LogP) is 3.04. The van der Waals surface area contributed by atoms with Crippen LogP contribution in [0.1, 0.15) is 24.0 Å². The molecule has 0 bridgehead atoms. The Balaban J connectivity index is 1.74. The number of hydrogen-bond donors (Lipinski definition) is 3. The van der Waals surface area contributed by atoms with Gasteiger partial charge in [0.05, 0.1) is 11.4 Å². The smallest absolute Gasteiger partial charge is 0.303 e. The molecule has 3 rings (SSSR count). The largest absolute Gasteiger partial charge is 0.481 e. The van der Waals surface area contributed by atoms with Gasteiger partial charge in [0.25, 0.3) is 10.0 Å². The van der Waals surface area contributed by atoms with Crippen LogP contribution in [0.4, 0.5) is 11.4 Å². The summed E-state index contributed by atoms with van der Waals surface area (Å²) >= 11 is 6.10. The van der Waals surface area contributed by atoms with Gasteiger partial charge >= 0.3 is 5.97 Å². The Bertz CT molecular complexity index is 1000. The molecular formula is C18H17ClN2O5S. The maximum Gasteiger partial charge on any atom is 0.303 e. The van der Waals surface area contributed by atoms with Crippen molar-refractivity contribution in [1.29, 1.82) is 0 Å². The molecule has 142 valence electrons. The first-order valence-corrected chi connectivity index (χ1v) is 10.1. The lowest BCUT2D eigenvalue weighted by Gasteiger charge is -2.11. The van der Waals surface area contributed by atoms with Crippen LogP contribution in [-0.2, 0) is 32.5 Å². The summed E-state index contributed by atoms with van der Waals surface area (Å²) in [4.78, 5) is 21.9. The highest BCUT2D eigenvalue weighted by Gasteiger charge is 2.25. The number of aryl methyl sites for hydroxylation is 1. The second kappa shape index (κ2) is 7.58. The molecule has 0 saturated carbocycles. The first-order chi connectivity index (χ1) is 12.7. The minimum absolute atomic E-state index is 0.0220. The Morgan fingerprint density at radius 1 is 1.22 bits per heavy atom. The molecule has 3 N–H and O–H groups in total. The number of carboxylic acid groups (broad SMARTS) is 1. The van der Waals surface area contributed by atoms with Crippen LogP contribution in [0, 0.1) is 0 Å². The highest BCUT2D eigenvalue weighted by atomic mass is 35.5. The number of nitrogens with one attached hydrogen (secondary N) is 2. The number of sulfonamides is 1. The van der Waals surface area contributed by atoms with Gasteiger partial charge in [0.1, 0.15) is 4.90 Å². The van der Waals surface area contributed by atoms with Crippen molar-refractivity contribution in [2.24, 2.45) is 0 Å². The molecule has 1 aliphatic heterocycles. The number of anilines is 2. The highest BCUT2D eigenvalue weighted by molar-refractivity contribution is 7.92. The molecule has 9 heteroatoms. The molecule has 0 aliphatic carbocycles. The van der Waals surface area contributed by atoms with Crippen LogP contribution in [0.3, 0.4) is 0 Å². The van der Waals surface area contributed by atoms with E-state index in [1.54, 1.807) is 24.3 Å². The first kappa shape index (κ1) is 19.2. The molecule has 7 nitrogen and oxygen atoms in total. The molecule has 2 aromatic rings. The molecule has 0 unspecified atom stereocenters. The Morgan fingerprint density at radius 2 is 1.93 bits per heavy atom. The number of hydrogen-bond acceptors (Lipinski definition) is 4. The summed E-state index contributed by atoms with van der Waals surface area (Å²) in [5.74, 6) is -1.05. The molecule has 2 aromatic carbocycles.